The van der Waals surface area contributed by atoms with Gasteiger partial charge >= 0.3 is 112 Å². The summed E-state index contributed by atoms with van der Waals surface area (Å²) >= 11 is -2.01. The van der Waals surface area contributed by atoms with Crippen LogP contribution in [0.5, 0.6) is 0 Å². The zero-order chi connectivity index (χ0) is 13.3. The van der Waals surface area contributed by atoms with Gasteiger partial charge in [-0.25, -0.2) is 0 Å². The summed E-state index contributed by atoms with van der Waals surface area (Å²) in [6.07, 6.45) is 10.3. The van der Waals surface area contributed by atoms with E-state index in [1.807, 2.05) is 0 Å². The zero-order valence-corrected chi connectivity index (χ0v) is 14.2. The van der Waals surface area contributed by atoms with Crippen LogP contribution in [0, 0.1) is 5.41 Å². The second-order valence-electron chi connectivity index (χ2n) is 7.08. The Balaban J connectivity index is 2.87. The van der Waals surface area contributed by atoms with E-state index in [0.717, 1.165) is 0 Å². The van der Waals surface area contributed by atoms with Gasteiger partial charge < -0.3 is 0 Å². The minimum absolute atomic E-state index is 0.237. The summed E-state index contributed by atoms with van der Waals surface area (Å²) in [6, 6.07) is 0. The Hall–Kier alpha value is 0.154. The van der Waals surface area contributed by atoms with E-state index in [2.05, 4.69) is 73.2 Å². The van der Waals surface area contributed by atoms with Crippen molar-refractivity contribution in [1.29, 1.82) is 0 Å². The molecule has 1 unspecified atom stereocenters. The van der Waals surface area contributed by atoms with Crippen molar-refractivity contribution in [2.45, 2.75) is 61.3 Å². The van der Waals surface area contributed by atoms with Crippen LogP contribution in [0.2, 0.25) is 14.7 Å². The molecule has 0 saturated heterocycles. The fourth-order valence-electron chi connectivity index (χ4n) is 2.51. The Morgan fingerprint density at radius 1 is 1.06 bits per heavy atom. The van der Waals surface area contributed by atoms with Crippen LogP contribution in [0.3, 0.4) is 0 Å². The van der Waals surface area contributed by atoms with E-state index < -0.39 is 16.8 Å². The van der Waals surface area contributed by atoms with Gasteiger partial charge in [-0.1, -0.05) is 0 Å². The quantitative estimate of drug-likeness (QED) is 0.719. The number of hydrogen-bond acceptors (Lipinski definition) is 1. The van der Waals surface area contributed by atoms with Gasteiger partial charge in [-0.15, -0.1) is 0 Å². The summed E-state index contributed by atoms with van der Waals surface area (Å²) in [4.78, 5) is 0. The second-order valence-corrected chi connectivity index (χ2v) is 13.9. The Morgan fingerprint density at radius 3 is 1.88 bits per heavy atom. The number of allylic oxidation sites excluding steroid dienone is 4. The van der Waals surface area contributed by atoms with Crippen LogP contribution >= 0.6 is 0 Å². The topological polar surface area (TPSA) is 12.0 Å². The molecule has 0 fully saturated rings. The molecule has 0 aromatic carbocycles. The van der Waals surface area contributed by atoms with E-state index in [1.54, 1.807) is 0 Å². The predicted molar refractivity (Wildman–Crippen MR) is 75.0 cm³/mol. The van der Waals surface area contributed by atoms with Gasteiger partial charge in [-0.2, -0.15) is 0 Å². The van der Waals surface area contributed by atoms with Gasteiger partial charge in [0.2, 0.25) is 0 Å². The van der Waals surface area contributed by atoms with Crippen molar-refractivity contribution in [3.63, 3.8) is 0 Å². The molecule has 0 bridgehead atoms. The van der Waals surface area contributed by atoms with Crippen LogP contribution in [0.1, 0.15) is 41.0 Å². The molecule has 1 nitrogen and oxygen atoms in total. The van der Waals surface area contributed by atoms with Crippen LogP contribution in [0.15, 0.2) is 24.3 Å². The maximum absolute atomic E-state index is 4.09. The minimum atomic E-state index is -2.01. The van der Waals surface area contributed by atoms with E-state index in [1.165, 1.54) is 6.42 Å². The SMILES string of the molecule is CCC(C)([NH][Ti]([CH3])([CH3])[CH]1C=CC=C1)C(C)(C)C. The van der Waals surface area contributed by atoms with Crippen LogP contribution in [0.4, 0.5) is 0 Å². The van der Waals surface area contributed by atoms with Crippen LogP contribution in [0.25, 0.3) is 0 Å². The molecule has 0 aromatic rings. The first-order valence-electron chi connectivity index (χ1n) is 6.77. The van der Waals surface area contributed by atoms with E-state index in [0.29, 0.717) is 9.64 Å². The molecular formula is C15H29NTi. The molecule has 1 aliphatic carbocycles. The molecule has 1 N–H and O–H groups in total. The maximum atomic E-state index is 4.09. The first-order chi connectivity index (χ1) is 7.62. The molecule has 0 heterocycles. The molecule has 0 spiro atoms. The average Bonchev–Trinajstić information content (AvgIpc) is 2.68. The van der Waals surface area contributed by atoms with Crippen molar-refractivity contribution < 1.29 is 16.8 Å². The second kappa shape index (κ2) is 5.03. The van der Waals surface area contributed by atoms with Gasteiger partial charge in [-0.05, 0) is 0 Å². The summed E-state index contributed by atoms with van der Waals surface area (Å²) in [5, 5.41) is 4.98. The molecule has 0 aliphatic heterocycles. The van der Waals surface area contributed by atoms with Crippen LogP contribution < -0.4 is 3.80 Å². The van der Waals surface area contributed by atoms with Crippen LogP contribution in [-0.4, -0.2) is 5.54 Å². The third-order valence-electron chi connectivity index (χ3n) is 4.54. The van der Waals surface area contributed by atoms with Gasteiger partial charge in [0.1, 0.15) is 0 Å². The van der Waals surface area contributed by atoms with Gasteiger partial charge in [-0.3, -0.25) is 0 Å². The first-order valence-corrected chi connectivity index (χ1v) is 11.6. The monoisotopic (exact) mass is 271 g/mol. The molecule has 1 aliphatic rings. The molecule has 1 rings (SSSR count). The summed E-state index contributed by atoms with van der Waals surface area (Å²) in [5.41, 5.74) is 0.539. The van der Waals surface area contributed by atoms with Crippen molar-refractivity contribution in [2.24, 2.45) is 5.41 Å². The van der Waals surface area contributed by atoms with Gasteiger partial charge in [0.25, 0.3) is 0 Å². The van der Waals surface area contributed by atoms with Crippen molar-refractivity contribution >= 4 is 0 Å². The predicted octanol–water partition coefficient (Wildman–Crippen LogP) is 4.87. The molecule has 0 amide bonds. The van der Waals surface area contributed by atoms with Gasteiger partial charge in [0.05, 0.1) is 0 Å². The van der Waals surface area contributed by atoms with Crippen molar-refractivity contribution in [2.75, 3.05) is 0 Å². The third kappa shape index (κ3) is 3.33. The van der Waals surface area contributed by atoms with E-state index in [-0.39, 0.29) is 5.54 Å². The fraction of sp³-hybridized carbons (Fsp3) is 0.733. The van der Waals surface area contributed by atoms with Crippen molar-refractivity contribution in [3.8, 4) is 0 Å². The zero-order valence-electron chi connectivity index (χ0n) is 12.6. The Kier molecular flexibility index (Phi) is 4.50. The molecule has 1 atom stereocenters. The third-order valence-corrected chi connectivity index (χ3v) is 9.61. The summed E-state index contributed by atoms with van der Waals surface area (Å²) in [5.74, 6) is 0. The molecule has 0 radical (unpaired) electrons. The summed E-state index contributed by atoms with van der Waals surface area (Å²) in [7, 11) is 0. The molecule has 2 heteroatoms. The fourth-order valence-corrected chi connectivity index (χ4v) is 7.71. The van der Waals surface area contributed by atoms with Gasteiger partial charge in [0, 0.05) is 0 Å². The summed E-state index contributed by atoms with van der Waals surface area (Å²) in [6.45, 7) is 11.7. The number of rotatable bonds is 4. The Labute approximate surface area is 111 Å². The molecule has 0 saturated carbocycles. The Bertz CT molecular complexity index is 310. The normalized spacial score (nSPS) is 20.9. The summed E-state index contributed by atoms with van der Waals surface area (Å²) < 4.78 is 4.77. The van der Waals surface area contributed by atoms with E-state index >= 15 is 0 Å². The first kappa shape index (κ1) is 15.2. The van der Waals surface area contributed by atoms with E-state index in [9.17, 15) is 0 Å². The Morgan fingerprint density at radius 2 is 1.53 bits per heavy atom. The molecule has 17 heavy (non-hydrogen) atoms. The van der Waals surface area contributed by atoms with Crippen molar-refractivity contribution in [1.82, 2.24) is 3.80 Å². The average molecular weight is 271 g/mol. The standard InChI is InChI=1S/C8H18N.C5H5.2CH3.Ti/c1-6-8(5,9)7(2,3)4;1-2-4-5-3-1;;;/h9H,6H2,1-5H3;1-5H;2*1H3;/q-1;;;;+1. The van der Waals surface area contributed by atoms with Crippen LogP contribution in [-0.2, 0) is 16.8 Å². The van der Waals surface area contributed by atoms with Gasteiger partial charge in [0.15, 0.2) is 0 Å². The number of hydrogen-bond donors (Lipinski definition) is 1. The van der Waals surface area contributed by atoms with Crippen molar-refractivity contribution in [3.05, 3.63) is 24.3 Å². The molecule has 0 aromatic heterocycles. The molecule has 98 valence electrons. The molecular weight excluding hydrogens is 242 g/mol. The van der Waals surface area contributed by atoms with E-state index in [4.69, 9.17) is 0 Å². The number of nitrogens with one attached hydrogen (secondary N) is 1.